The zero-order valence-electron chi connectivity index (χ0n) is 37.6. The van der Waals surface area contributed by atoms with Crippen molar-refractivity contribution in [3.8, 4) is 0 Å². The lowest BCUT2D eigenvalue weighted by Gasteiger charge is -2.22. The summed E-state index contributed by atoms with van der Waals surface area (Å²) in [6.07, 6.45) is 38.0. The van der Waals surface area contributed by atoms with Crippen LogP contribution in [-0.2, 0) is 23.9 Å². The van der Waals surface area contributed by atoms with Gasteiger partial charge in [-0.3, -0.25) is 14.4 Å². The van der Waals surface area contributed by atoms with Crippen molar-refractivity contribution in [2.75, 3.05) is 37.2 Å². The molecule has 0 bridgehead atoms. The maximum Gasteiger partial charge on any atom is 0.306 e. The Hall–Kier alpha value is -0.900. The van der Waals surface area contributed by atoms with Crippen molar-refractivity contribution in [3.63, 3.8) is 0 Å². The molecule has 0 aliphatic carbocycles. The van der Waals surface area contributed by atoms with Gasteiger partial charge in [0.1, 0.15) is 6.10 Å². The molecule has 7 nitrogen and oxygen atoms in total. The zero-order chi connectivity index (χ0) is 41.2. The van der Waals surface area contributed by atoms with Gasteiger partial charge >= 0.3 is 11.9 Å². The Balaban J connectivity index is 4.35. The van der Waals surface area contributed by atoms with Crippen molar-refractivity contribution in [3.05, 3.63) is 0 Å². The van der Waals surface area contributed by atoms with Crippen LogP contribution in [-0.4, -0.2) is 66.1 Å². The number of amides is 1. The second kappa shape index (κ2) is 43.7. The van der Waals surface area contributed by atoms with Crippen molar-refractivity contribution in [1.82, 2.24) is 10.2 Å². The molecular weight excluding hydrogens is 811 g/mol. The molecule has 8 heteroatoms. The molecular formula is C48H93IN2O5. The van der Waals surface area contributed by atoms with Crippen LogP contribution in [0.3, 0.4) is 0 Å². The van der Waals surface area contributed by atoms with Crippen molar-refractivity contribution >= 4 is 40.4 Å². The molecule has 1 amide bonds. The molecule has 1 unspecified atom stereocenters. The second-order valence-corrected chi connectivity index (χ2v) is 18.0. The molecule has 0 aliphatic heterocycles. The molecule has 0 aromatic carbocycles. The van der Waals surface area contributed by atoms with Gasteiger partial charge in [0.15, 0.2) is 0 Å². The van der Waals surface area contributed by atoms with Crippen LogP contribution in [0.1, 0.15) is 240 Å². The van der Waals surface area contributed by atoms with E-state index in [2.05, 4.69) is 46.7 Å². The summed E-state index contributed by atoms with van der Waals surface area (Å²) in [6, 6.07) is 0. The van der Waals surface area contributed by atoms with E-state index < -0.39 is 0 Å². The molecule has 1 N–H and O–H groups in total. The van der Waals surface area contributed by atoms with E-state index in [1.54, 1.807) is 0 Å². The Kier molecular flexibility index (Phi) is 43.0. The van der Waals surface area contributed by atoms with Gasteiger partial charge in [-0.25, -0.2) is 0 Å². The summed E-state index contributed by atoms with van der Waals surface area (Å²) in [5, 5.41) is 3.07. The minimum Gasteiger partial charge on any atom is -0.466 e. The van der Waals surface area contributed by atoms with E-state index in [0.717, 1.165) is 96.8 Å². The van der Waals surface area contributed by atoms with E-state index in [0.29, 0.717) is 19.4 Å². The van der Waals surface area contributed by atoms with Gasteiger partial charge in [0.05, 0.1) is 6.61 Å². The number of hydrogen-bond acceptors (Lipinski definition) is 6. The van der Waals surface area contributed by atoms with Crippen molar-refractivity contribution in [2.24, 2.45) is 5.92 Å². The number of alkyl halides is 1. The number of nitrogens with zero attached hydrogens (tertiary/aromatic N) is 1. The Morgan fingerprint density at radius 2 is 0.946 bits per heavy atom. The largest absolute Gasteiger partial charge is 0.466 e. The molecule has 0 spiro atoms. The second-order valence-electron chi connectivity index (χ2n) is 16.9. The minimum atomic E-state index is -0.0299. The van der Waals surface area contributed by atoms with E-state index in [1.807, 2.05) is 13.8 Å². The van der Waals surface area contributed by atoms with Crippen LogP contribution in [0.4, 0.5) is 0 Å². The summed E-state index contributed by atoms with van der Waals surface area (Å²) in [6.45, 7) is 12.9. The highest BCUT2D eigenvalue weighted by molar-refractivity contribution is 14.1. The van der Waals surface area contributed by atoms with E-state index in [9.17, 15) is 14.4 Å². The number of carbonyl (C=O) groups is 3. The fraction of sp³-hybridized carbons (Fsp3) is 0.938. The van der Waals surface area contributed by atoms with E-state index in [4.69, 9.17) is 9.47 Å². The zero-order valence-corrected chi connectivity index (χ0v) is 39.8. The lowest BCUT2D eigenvalue weighted by atomic mass is 10.0. The Morgan fingerprint density at radius 3 is 1.46 bits per heavy atom. The number of nitrogens with one attached hydrogen (secondary N) is 1. The number of carbonyl (C=O) groups excluding carboxylic acids is 3. The summed E-state index contributed by atoms with van der Waals surface area (Å²) >= 11 is 2.47. The molecule has 0 aliphatic rings. The van der Waals surface area contributed by atoms with Gasteiger partial charge < -0.3 is 19.7 Å². The molecule has 1 atom stereocenters. The fourth-order valence-electron chi connectivity index (χ4n) is 7.30. The van der Waals surface area contributed by atoms with Crippen molar-refractivity contribution in [2.45, 2.75) is 246 Å². The topological polar surface area (TPSA) is 84.9 Å². The molecule has 0 aromatic rings. The van der Waals surface area contributed by atoms with Gasteiger partial charge in [0.2, 0.25) is 5.91 Å². The highest BCUT2D eigenvalue weighted by atomic mass is 127. The molecule has 0 saturated carbocycles. The third kappa shape index (κ3) is 39.9. The normalized spacial score (nSPS) is 12.1. The summed E-state index contributed by atoms with van der Waals surface area (Å²) < 4.78 is 12.8. The summed E-state index contributed by atoms with van der Waals surface area (Å²) in [5.41, 5.74) is 0. The first-order chi connectivity index (χ1) is 27.3. The highest BCUT2D eigenvalue weighted by Crippen LogP contribution is 2.19. The molecule has 0 aromatic heterocycles. The minimum absolute atomic E-state index is 0.0142. The molecule has 0 fully saturated rings. The highest BCUT2D eigenvalue weighted by Gasteiger charge is 2.15. The van der Waals surface area contributed by atoms with Crippen LogP contribution in [0.15, 0.2) is 0 Å². The predicted octanol–water partition coefficient (Wildman–Crippen LogP) is 13.9. The SMILES string of the molecule is CCCCCCCCCOC(=O)CCCCCCCN(CCCCCCCC(=O)OC(CCCCCCCC)CCCCCCCI)CCCNC(=O)C(C)C. The van der Waals surface area contributed by atoms with E-state index in [1.165, 1.54) is 133 Å². The number of unbranched alkanes of at least 4 members (excludes halogenated alkanes) is 23. The third-order valence-electron chi connectivity index (χ3n) is 11.0. The smallest absolute Gasteiger partial charge is 0.306 e. The molecule has 56 heavy (non-hydrogen) atoms. The summed E-state index contributed by atoms with van der Waals surface area (Å²) in [5.74, 6) is 0.141. The van der Waals surface area contributed by atoms with E-state index >= 15 is 0 Å². The van der Waals surface area contributed by atoms with Gasteiger partial charge in [-0.15, -0.1) is 0 Å². The lowest BCUT2D eigenvalue weighted by Crippen LogP contribution is -2.33. The van der Waals surface area contributed by atoms with Gasteiger partial charge in [-0.1, -0.05) is 179 Å². The Bertz CT molecular complexity index is 857. The number of hydrogen-bond donors (Lipinski definition) is 1. The average Bonchev–Trinajstić information content (AvgIpc) is 3.18. The predicted molar refractivity (Wildman–Crippen MR) is 248 cm³/mol. The van der Waals surface area contributed by atoms with Crippen LogP contribution in [0, 0.1) is 5.92 Å². The van der Waals surface area contributed by atoms with Crippen LogP contribution in [0.5, 0.6) is 0 Å². The van der Waals surface area contributed by atoms with Gasteiger partial charge in [0.25, 0.3) is 0 Å². The van der Waals surface area contributed by atoms with Crippen LogP contribution >= 0.6 is 22.6 Å². The number of halogens is 1. The molecule has 332 valence electrons. The van der Waals surface area contributed by atoms with Gasteiger partial charge in [0, 0.05) is 25.3 Å². The Labute approximate surface area is 361 Å². The molecule has 0 heterocycles. The molecule has 0 radical (unpaired) electrons. The van der Waals surface area contributed by atoms with Crippen LogP contribution in [0.2, 0.25) is 0 Å². The molecule has 0 saturated heterocycles. The quantitative estimate of drug-likeness (QED) is 0.0284. The number of esters is 2. The Morgan fingerprint density at radius 1 is 0.518 bits per heavy atom. The van der Waals surface area contributed by atoms with Gasteiger partial charge in [-0.2, -0.15) is 0 Å². The van der Waals surface area contributed by atoms with Gasteiger partial charge in [-0.05, 0) is 94.7 Å². The maximum atomic E-state index is 12.8. The first-order valence-corrected chi connectivity index (χ1v) is 25.8. The summed E-state index contributed by atoms with van der Waals surface area (Å²) in [4.78, 5) is 39.5. The average molecular weight is 905 g/mol. The van der Waals surface area contributed by atoms with Crippen molar-refractivity contribution < 1.29 is 23.9 Å². The van der Waals surface area contributed by atoms with E-state index in [-0.39, 0.29) is 29.9 Å². The number of rotatable bonds is 44. The fourth-order valence-corrected chi connectivity index (χ4v) is 7.84. The first kappa shape index (κ1) is 55.1. The lowest BCUT2D eigenvalue weighted by molar-refractivity contribution is -0.150. The number of ether oxygens (including phenoxy) is 2. The first-order valence-electron chi connectivity index (χ1n) is 24.2. The molecule has 0 rings (SSSR count). The van der Waals surface area contributed by atoms with Crippen molar-refractivity contribution in [1.29, 1.82) is 0 Å². The maximum absolute atomic E-state index is 12.8. The monoisotopic (exact) mass is 905 g/mol. The van der Waals surface area contributed by atoms with Crippen LogP contribution in [0.25, 0.3) is 0 Å². The third-order valence-corrected chi connectivity index (χ3v) is 11.8. The summed E-state index contributed by atoms with van der Waals surface area (Å²) in [7, 11) is 0. The standard InChI is InChI=1S/C48H93IN2O5/c1-5-7-9-11-13-24-32-43-55-46(52)36-27-19-15-22-30-40-51(42-33-39-50-48(54)44(3)4)41-31-23-16-20-28-37-47(53)56-45(34-25-17-12-10-8-6-2)35-26-18-14-21-29-38-49/h44-45H,5-43H2,1-4H3,(H,50,54). The van der Waals surface area contributed by atoms with Crippen LogP contribution < -0.4 is 5.32 Å².